The van der Waals surface area contributed by atoms with E-state index in [0.717, 1.165) is 36.1 Å². The standard InChI is InChI=1S/C12H17BrN2/c1-9-7-15(8-10(9)2)12-4-3-11(5-13)6-14-12/h3-4,6,9-10H,5,7-8H2,1-2H3. The van der Waals surface area contributed by atoms with Crippen LogP contribution in [0.15, 0.2) is 18.3 Å². The maximum atomic E-state index is 4.50. The fourth-order valence-corrected chi connectivity index (χ4v) is 2.33. The molecule has 2 unspecified atom stereocenters. The Balaban J connectivity index is 2.10. The Bertz CT molecular complexity index is 313. The molecule has 1 aliphatic rings. The third kappa shape index (κ3) is 2.33. The van der Waals surface area contributed by atoms with E-state index in [1.807, 2.05) is 6.20 Å². The van der Waals surface area contributed by atoms with E-state index in [0.29, 0.717) is 0 Å². The highest BCUT2D eigenvalue weighted by molar-refractivity contribution is 9.08. The van der Waals surface area contributed by atoms with Gasteiger partial charge in [-0.2, -0.15) is 0 Å². The van der Waals surface area contributed by atoms with Crippen molar-refractivity contribution in [3.63, 3.8) is 0 Å². The van der Waals surface area contributed by atoms with Gasteiger partial charge in [-0.1, -0.05) is 35.8 Å². The average molecular weight is 269 g/mol. The Morgan fingerprint density at radius 2 is 2.00 bits per heavy atom. The van der Waals surface area contributed by atoms with Gasteiger partial charge in [0.1, 0.15) is 5.82 Å². The van der Waals surface area contributed by atoms with Crippen molar-refractivity contribution in [3.8, 4) is 0 Å². The number of rotatable bonds is 2. The van der Waals surface area contributed by atoms with Crippen molar-refractivity contribution in [2.24, 2.45) is 11.8 Å². The first kappa shape index (κ1) is 10.9. The summed E-state index contributed by atoms with van der Waals surface area (Å²) in [5.74, 6) is 2.68. The second-order valence-corrected chi connectivity index (χ2v) is 5.08. The Morgan fingerprint density at radius 3 is 2.47 bits per heavy atom. The van der Waals surface area contributed by atoms with Gasteiger partial charge in [0, 0.05) is 24.6 Å². The van der Waals surface area contributed by atoms with Crippen LogP contribution in [0.5, 0.6) is 0 Å². The van der Waals surface area contributed by atoms with Crippen LogP contribution in [-0.2, 0) is 5.33 Å². The lowest BCUT2D eigenvalue weighted by Gasteiger charge is -2.16. The van der Waals surface area contributed by atoms with Crippen LogP contribution in [0.1, 0.15) is 19.4 Å². The predicted molar refractivity (Wildman–Crippen MR) is 67.4 cm³/mol. The fraction of sp³-hybridized carbons (Fsp3) is 0.583. The lowest BCUT2D eigenvalue weighted by atomic mass is 10.0. The van der Waals surface area contributed by atoms with Crippen molar-refractivity contribution in [2.45, 2.75) is 19.2 Å². The van der Waals surface area contributed by atoms with Gasteiger partial charge in [-0.05, 0) is 23.5 Å². The number of anilines is 1. The Kier molecular flexibility index (Phi) is 3.29. The van der Waals surface area contributed by atoms with Crippen LogP contribution in [0.3, 0.4) is 0 Å². The predicted octanol–water partition coefficient (Wildman–Crippen LogP) is 3.07. The SMILES string of the molecule is CC1CN(c2ccc(CBr)cn2)CC1C. The largest absolute Gasteiger partial charge is 0.356 e. The molecule has 0 radical (unpaired) electrons. The van der Waals surface area contributed by atoms with E-state index in [1.54, 1.807) is 0 Å². The summed E-state index contributed by atoms with van der Waals surface area (Å²) >= 11 is 3.43. The third-order valence-electron chi connectivity index (χ3n) is 3.28. The van der Waals surface area contributed by atoms with Crippen LogP contribution in [0.2, 0.25) is 0 Å². The number of hydrogen-bond donors (Lipinski definition) is 0. The molecule has 1 aromatic heterocycles. The lowest BCUT2D eigenvalue weighted by Crippen LogP contribution is -2.20. The van der Waals surface area contributed by atoms with Gasteiger partial charge in [0.2, 0.25) is 0 Å². The first-order chi connectivity index (χ1) is 7.20. The molecule has 15 heavy (non-hydrogen) atoms. The monoisotopic (exact) mass is 268 g/mol. The van der Waals surface area contributed by atoms with Crippen LogP contribution >= 0.6 is 15.9 Å². The molecule has 82 valence electrons. The summed E-state index contributed by atoms with van der Waals surface area (Å²) < 4.78 is 0. The van der Waals surface area contributed by atoms with Crippen molar-refractivity contribution < 1.29 is 0 Å². The maximum absolute atomic E-state index is 4.50. The first-order valence-electron chi connectivity index (χ1n) is 5.46. The molecule has 2 heterocycles. The van der Waals surface area contributed by atoms with Crippen molar-refractivity contribution >= 4 is 21.7 Å². The second-order valence-electron chi connectivity index (χ2n) is 4.52. The van der Waals surface area contributed by atoms with E-state index < -0.39 is 0 Å². The molecule has 0 N–H and O–H groups in total. The summed E-state index contributed by atoms with van der Waals surface area (Å²) in [5, 5.41) is 0.882. The quantitative estimate of drug-likeness (QED) is 0.767. The molecule has 1 aliphatic heterocycles. The summed E-state index contributed by atoms with van der Waals surface area (Å²) in [6, 6.07) is 4.27. The molecule has 1 saturated heterocycles. The highest BCUT2D eigenvalue weighted by Crippen LogP contribution is 2.26. The molecule has 2 rings (SSSR count). The summed E-state index contributed by atoms with van der Waals surface area (Å²) in [7, 11) is 0. The number of nitrogens with zero attached hydrogens (tertiary/aromatic N) is 2. The van der Waals surface area contributed by atoms with E-state index in [-0.39, 0.29) is 0 Å². The van der Waals surface area contributed by atoms with Crippen LogP contribution < -0.4 is 4.90 Å². The van der Waals surface area contributed by atoms with E-state index in [9.17, 15) is 0 Å². The van der Waals surface area contributed by atoms with Crippen LogP contribution in [-0.4, -0.2) is 18.1 Å². The molecule has 0 saturated carbocycles. The van der Waals surface area contributed by atoms with E-state index in [1.165, 1.54) is 5.56 Å². The fourth-order valence-electron chi connectivity index (χ4n) is 2.00. The molecule has 0 bridgehead atoms. The van der Waals surface area contributed by atoms with E-state index in [4.69, 9.17) is 0 Å². The number of alkyl halides is 1. The zero-order valence-corrected chi connectivity index (χ0v) is 10.9. The summed E-state index contributed by atoms with van der Waals surface area (Å²) in [4.78, 5) is 6.88. The van der Waals surface area contributed by atoms with Gasteiger partial charge in [0.25, 0.3) is 0 Å². The van der Waals surface area contributed by atoms with Crippen LogP contribution in [0.4, 0.5) is 5.82 Å². The second kappa shape index (κ2) is 4.52. The molecular formula is C12H17BrN2. The average Bonchev–Trinajstić information content (AvgIpc) is 2.59. The highest BCUT2D eigenvalue weighted by atomic mass is 79.9. The van der Waals surface area contributed by atoms with Gasteiger partial charge in [0.05, 0.1) is 0 Å². The minimum atomic E-state index is 0.780. The molecule has 2 atom stereocenters. The van der Waals surface area contributed by atoms with Crippen molar-refractivity contribution in [3.05, 3.63) is 23.9 Å². The molecule has 1 aromatic rings. The minimum Gasteiger partial charge on any atom is -0.356 e. The zero-order chi connectivity index (χ0) is 10.8. The molecule has 0 aliphatic carbocycles. The van der Waals surface area contributed by atoms with E-state index in [2.05, 4.69) is 51.8 Å². The lowest BCUT2D eigenvalue weighted by molar-refractivity contribution is 0.494. The number of pyridine rings is 1. The maximum Gasteiger partial charge on any atom is 0.128 e. The topological polar surface area (TPSA) is 16.1 Å². The van der Waals surface area contributed by atoms with Gasteiger partial charge in [-0.3, -0.25) is 0 Å². The molecule has 3 heteroatoms. The third-order valence-corrected chi connectivity index (χ3v) is 3.92. The van der Waals surface area contributed by atoms with E-state index >= 15 is 0 Å². The number of aromatic nitrogens is 1. The van der Waals surface area contributed by atoms with Crippen molar-refractivity contribution in [1.82, 2.24) is 4.98 Å². The minimum absolute atomic E-state index is 0.780. The Hall–Kier alpha value is -0.570. The number of hydrogen-bond acceptors (Lipinski definition) is 2. The summed E-state index contributed by atoms with van der Waals surface area (Å²) in [5.41, 5.74) is 1.24. The van der Waals surface area contributed by atoms with Gasteiger partial charge >= 0.3 is 0 Å². The van der Waals surface area contributed by atoms with Crippen LogP contribution in [0.25, 0.3) is 0 Å². The first-order valence-corrected chi connectivity index (χ1v) is 6.58. The van der Waals surface area contributed by atoms with Gasteiger partial charge in [0.15, 0.2) is 0 Å². The molecule has 2 nitrogen and oxygen atoms in total. The molecular weight excluding hydrogens is 252 g/mol. The van der Waals surface area contributed by atoms with Gasteiger partial charge < -0.3 is 4.90 Å². The van der Waals surface area contributed by atoms with Gasteiger partial charge in [-0.15, -0.1) is 0 Å². The molecule has 1 fully saturated rings. The van der Waals surface area contributed by atoms with Crippen LogP contribution in [0, 0.1) is 11.8 Å². The molecule has 0 amide bonds. The Morgan fingerprint density at radius 1 is 1.33 bits per heavy atom. The summed E-state index contributed by atoms with van der Waals surface area (Å²) in [6.45, 7) is 6.92. The molecule has 0 aromatic carbocycles. The zero-order valence-electron chi connectivity index (χ0n) is 9.28. The smallest absolute Gasteiger partial charge is 0.128 e. The van der Waals surface area contributed by atoms with Gasteiger partial charge in [-0.25, -0.2) is 4.98 Å². The highest BCUT2D eigenvalue weighted by Gasteiger charge is 2.26. The normalized spacial score (nSPS) is 25.9. The number of halogens is 1. The summed E-state index contributed by atoms with van der Waals surface area (Å²) in [6.07, 6.45) is 1.96. The molecule has 0 spiro atoms. The van der Waals surface area contributed by atoms with Crippen molar-refractivity contribution in [2.75, 3.05) is 18.0 Å². The van der Waals surface area contributed by atoms with Crippen molar-refractivity contribution in [1.29, 1.82) is 0 Å². The Labute approximate surface area is 99.8 Å².